The van der Waals surface area contributed by atoms with E-state index >= 15 is 0 Å². The summed E-state index contributed by atoms with van der Waals surface area (Å²) in [5.74, 6) is 0.833. The van der Waals surface area contributed by atoms with Crippen LogP contribution >= 0.6 is 0 Å². The highest BCUT2D eigenvalue weighted by Crippen LogP contribution is 2.27. The number of rotatable bonds is 6. The first-order valence-electron chi connectivity index (χ1n) is 6.34. The molecule has 0 bridgehead atoms. The van der Waals surface area contributed by atoms with E-state index in [1.165, 1.54) is 0 Å². The Hall–Kier alpha value is -1.35. The van der Waals surface area contributed by atoms with Crippen LogP contribution in [0, 0.1) is 6.92 Å². The SMILES string of the molecule is COCCCC(=O)Oc1cc(C)ccc1C(C)C. The Morgan fingerprint density at radius 3 is 2.67 bits per heavy atom. The first-order chi connectivity index (χ1) is 8.54. The summed E-state index contributed by atoms with van der Waals surface area (Å²) in [4.78, 5) is 11.7. The van der Waals surface area contributed by atoms with Gasteiger partial charge in [0.25, 0.3) is 0 Å². The lowest BCUT2D eigenvalue weighted by Crippen LogP contribution is -2.10. The second kappa shape index (κ2) is 7.17. The Morgan fingerprint density at radius 2 is 2.06 bits per heavy atom. The van der Waals surface area contributed by atoms with Crippen LogP contribution in [0.1, 0.15) is 43.7 Å². The minimum Gasteiger partial charge on any atom is -0.426 e. The molecule has 0 aliphatic carbocycles. The van der Waals surface area contributed by atoms with E-state index in [0.29, 0.717) is 31.1 Å². The van der Waals surface area contributed by atoms with Crippen molar-refractivity contribution in [2.45, 2.75) is 39.5 Å². The van der Waals surface area contributed by atoms with Crippen molar-refractivity contribution in [1.29, 1.82) is 0 Å². The Bertz CT molecular complexity index is 397. The minimum atomic E-state index is -0.195. The monoisotopic (exact) mass is 250 g/mol. The lowest BCUT2D eigenvalue weighted by atomic mass is 10.0. The number of carbonyl (C=O) groups excluding carboxylic acids is 1. The van der Waals surface area contributed by atoms with Crippen molar-refractivity contribution < 1.29 is 14.3 Å². The number of ether oxygens (including phenoxy) is 2. The van der Waals surface area contributed by atoms with Crippen LogP contribution in [0.3, 0.4) is 0 Å². The van der Waals surface area contributed by atoms with E-state index in [2.05, 4.69) is 13.8 Å². The molecule has 0 saturated carbocycles. The van der Waals surface area contributed by atoms with E-state index in [4.69, 9.17) is 9.47 Å². The fourth-order valence-electron chi connectivity index (χ4n) is 1.74. The van der Waals surface area contributed by atoms with Gasteiger partial charge in [-0.3, -0.25) is 4.79 Å². The first-order valence-corrected chi connectivity index (χ1v) is 6.34. The third kappa shape index (κ3) is 4.49. The Kier molecular flexibility index (Phi) is 5.86. The van der Waals surface area contributed by atoms with E-state index in [-0.39, 0.29) is 5.97 Å². The third-order valence-electron chi connectivity index (χ3n) is 2.74. The molecule has 1 aromatic rings. The Labute approximate surface area is 109 Å². The maximum Gasteiger partial charge on any atom is 0.311 e. The molecule has 0 aliphatic heterocycles. The standard InChI is InChI=1S/C15H22O3/c1-11(2)13-8-7-12(3)10-14(13)18-15(16)6-5-9-17-4/h7-8,10-11H,5-6,9H2,1-4H3. The van der Waals surface area contributed by atoms with Gasteiger partial charge in [-0.15, -0.1) is 0 Å². The molecule has 0 aliphatic rings. The quantitative estimate of drug-likeness (QED) is 0.440. The molecular weight excluding hydrogens is 228 g/mol. The van der Waals surface area contributed by atoms with Gasteiger partial charge in [0, 0.05) is 20.1 Å². The summed E-state index contributed by atoms with van der Waals surface area (Å²) in [6.45, 7) is 6.76. The van der Waals surface area contributed by atoms with Gasteiger partial charge < -0.3 is 9.47 Å². The molecule has 100 valence electrons. The van der Waals surface area contributed by atoms with Gasteiger partial charge in [-0.05, 0) is 36.5 Å². The lowest BCUT2D eigenvalue weighted by molar-refractivity contribution is -0.134. The molecule has 0 N–H and O–H groups in total. The van der Waals surface area contributed by atoms with Crippen LogP contribution in [0.15, 0.2) is 18.2 Å². The molecule has 0 fully saturated rings. The largest absolute Gasteiger partial charge is 0.426 e. The van der Waals surface area contributed by atoms with Gasteiger partial charge in [-0.1, -0.05) is 26.0 Å². The molecule has 0 radical (unpaired) electrons. The summed E-state index contributed by atoms with van der Waals surface area (Å²) in [6, 6.07) is 5.99. The van der Waals surface area contributed by atoms with Crippen LogP contribution in [0.5, 0.6) is 5.75 Å². The molecule has 0 aromatic heterocycles. The summed E-state index contributed by atoms with van der Waals surface area (Å²) in [6.07, 6.45) is 1.08. The maximum absolute atomic E-state index is 11.7. The molecule has 1 aromatic carbocycles. The number of esters is 1. The maximum atomic E-state index is 11.7. The normalized spacial score (nSPS) is 10.7. The molecule has 0 heterocycles. The average molecular weight is 250 g/mol. The van der Waals surface area contributed by atoms with Crippen molar-refractivity contribution in [3.63, 3.8) is 0 Å². The van der Waals surface area contributed by atoms with Gasteiger partial charge in [0.2, 0.25) is 0 Å². The number of carbonyl (C=O) groups is 1. The van der Waals surface area contributed by atoms with Gasteiger partial charge in [-0.2, -0.15) is 0 Å². The number of methoxy groups -OCH3 is 1. The van der Waals surface area contributed by atoms with E-state index in [1.54, 1.807) is 7.11 Å². The van der Waals surface area contributed by atoms with E-state index in [0.717, 1.165) is 11.1 Å². The van der Waals surface area contributed by atoms with Crippen LogP contribution in [0.25, 0.3) is 0 Å². The van der Waals surface area contributed by atoms with Crippen molar-refractivity contribution in [3.05, 3.63) is 29.3 Å². The minimum absolute atomic E-state index is 0.195. The number of hydrogen-bond acceptors (Lipinski definition) is 3. The summed E-state index contributed by atoms with van der Waals surface area (Å²) >= 11 is 0. The van der Waals surface area contributed by atoms with Gasteiger partial charge in [0.1, 0.15) is 5.75 Å². The molecule has 0 amide bonds. The van der Waals surface area contributed by atoms with Gasteiger partial charge in [0.15, 0.2) is 0 Å². The van der Waals surface area contributed by atoms with Crippen molar-refractivity contribution >= 4 is 5.97 Å². The number of hydrogen-bond donors (Lipinski definition) is 0. The second-order valence-corrected chi connectivity index (χ2v) is 4.77. The molecule has 0 saturated heterocycles. The molecule has 3 nitrogen and oxygen atoms in total. The van der Waals surface area contributed by atoms with Gasteiger partial charge in [0.05, 0.1) is 0 Å². The summed E-state index contributed by atoms with van der Waals surface area (Å²) in [7, 11) is 1.63. The van der Waals surface area contributed by atoms with E-state index in [1.807, 2.05) is 25.1 Å². The zero-order valence-corrected chi connectivity index (χ0v) is 11.7. The van der Waals surface area contributed by atoms with Crippen molar-refractivity contribution in [2.24, 2.45) is 0 Å². The van der Waals surface area contributed by atoms with Crippen molar-refractivity contribution in [2.75, 3.05) is 13.7 Å². The number of benzene rings is 1. The van der Waals surface area contributed by atoms with Crippen LogP contribution in [-0.4, -0.2) is 19.7 Å². The molecule has 0 unspecified atom stereocenters. The predicted molar refractivity (Wildman–Crippen MR) is 72.0 cm³/mol. The van der Waals surface area contributed by atoms with Crippen LogP contribution in [-0.2, 0) is 9.53 Å². The fourth-order valence-corrected chi connectivity index (χ4v) is 1.74. The lowest BCUT2D eigenvalue weighted by Gasteiger charge is -2.13. The highest BCUT2D eigenvalue weighted by Gasteiger charge is 2.11. The van der Waals surface area contributed by atoms with Crippen molar-refractivity contribution in [3.8, 4) is 5.75 Å². The zero-order chi connectivity index (χ0) is 13.5. The van der Waals surface area contributed by atoms with Crippen LogP contribution in [0.4, 0.5) is 0 Å². The van der Waals surface area contributed by atoms with Gasteiger partial charge >= 0.3 is 5.97 Å². The number of aryl methyl sites for hydroxylation is 1. The first kappa shape index (κ1) is 14.7. The van der Waals surface area contributed by atoms with E-state index in [9.17, 15) is 4.79 Å². The summed E-state index contributed by atoms with van der Waals surface area (Å²) < 4.78 is 10.4. The molecule has 0 spiro atoms. The van der Waals surface area contributed by atoms with Gasteiger partial charge in [-0.25, -0.2) is 0 Å². The molecule has 1 rings (SSSR count). The highest BCUT2D eigenvalue weighted by atomic mass is 16.5. The average Bonchev–Trinajstić information content (AvgIpc) is 2.29. The third-order valence-corrected chi connectivity index (χ3v) is 2.74. The van der Waals surface area contributed by atoms with Crippen LogP contribution < -0.4 is 4.74 Å². The second-order valence-electron chi connectivity index (χ2n) is 4.77. The zero-order valence-electron chi connectivity index (χ0n) is 11.7. The Balaban J connectivity index is 2.70. The van der Waals surface area contributed by atoms with Crippen LogP contribution in [0.2, 0.25) is 0 Å². The highest BCUT2D eigenvalue weighted by molar-refractivity contribution is 5.72. The smallest absolute Gasteiger partial charge is 0.311 e. The molecule has 0 atom stereocenters. The van der Waals surface area contributed by atoms with Crippen molar-refractivity contribution in [1.82, 2.24) is 0 Å². The summed E-state index contributed by atoms with van der Waals surface area (Å²) in [5, 5.41) is 0. The van der Waals surface area contributed by atoms with E-state index < -0.39 is 0 Å². The molecule has 3 heteroatoms. The Morgan fingerprint density at radius 1 is 1.33 bits per heavy atom. The molecule has 18 heavy (non-hydrogen) atoms. The predicted octanol–water partition coefficient (Wildman–Crippen LogP) is 3.45. The summed E-state index contributed by atoms with van der Waals surface area (Å²) in [5.41, 5.74) is 2.17. The topological polar surface area (TPSA) is 35.5 Å². The molecular formula is C15H22O3. The fraction of sp³-hybridized carbons (Fsp3) is 0.533.